The molecule has 0 aromatic rings. The van der Waals surface area contributed by atoms with Gasteiger partial charge in [0.15, 0.2) is 0 Å². The van der Waals surface area contributed by atoms with Gasteiger partial charge in [0.25, 0.3) is 0 Å². The van der Waals surface area contributed by atoms with Crippen molar-refractivity contribution in [1.82, 2.24) is 9.80 Å². The molecule has 1 saturated heterocycles. The summed E-state index contributed by atoms with van der Waals surface area (Å²) in [6.07, 6.45) is 3.02. The van der Waals surface area contributed by atoms with E-state index in [4.69, 9.17) is 0 Å². The molecule has 0 aromatic heterocycles. The predicted molar refractivity (Wildman–Crippen MR) is 66.9 cm³/mol. The van der Waals surface area contributed by atoms with Crippen LogP contribution in [-0.4, -0.2) is 47.8 Å². The lowest BCUT2D eigenvalue weighted by molar-refractivity contribution is 0.196. The predicted octanol–water partition coefficient (Wildman–Crippen LogP) is 2.35. The van der Waals surface area contributed by atoms with Gasteiger partial charge in [0.1, 0.15) is 5.84 Å². The lowest BCUT2D eigenvalue weighted by atomic mass is 10.4. The summed E-state index contributed by atoms with van der Waals surface area (Å²) in [5.41, 5.74) is 0. The molecule has 92 valence electrons. The van der Waals surface area contributed by atoms with Gasteiger partial charge in [-0.1, -0.05) is 20.8 Å². The average Bonchev–Trinajstić information content (AvgIpc) is 2.56. The van der Waals surface area contributed by atoms with Crippen molar-refractivity contribution in [1.29, 1.82) is 0 Å². The van der Waals surface area contributed by atoms with E-state index in [9.17, 15) is 4.79 Å². The van der Waals surface area contributed by atoms with E-state index in [1.165, 1.54) is 0 Å². The molecule has 1 heterocycles. The lowest BCUT2D eigenvalue weighted by Crippen LogP contribution is -2.34. The zero-order valence-corrected chi connectivity index (χ0v) is 10.7. The third-order valence-corrected chi connectivity index (χ3v) is 2.60. The first-order chi connectivity index (χ1) is 7.74. The zero-order chi connectivity index (χ0) is 12.0. The number of amides is 2. The molecule has 4 heteroatoms. The van der Waals surface area contributed by atoms with Crippen molar-refractivity contribution >= 4 is 11.9 Å². The van der Waals surface area contributed by atoms with Gasteiger partial charge in [-0.05, 0) is 19.3 Å². The quantitative estimate of drug-likeness (QED) is 0.683. The number of carbonyl (C=O) groups excluding carboxylic acids is 1. The molecular weight excluding hydrogens is 202 g/mol. The second-order valence-electron chi connectivity index (χ2n) is 4.15. The first-order valence-electron chi connectivity index (χ1n) is 6.34. The molecule has 0 N–H and O–H groups in total. The molecule has 4 nitrogen and oxygen atoms in total. The highest BCUT2D eigenvalue weighted by molar-refractivity contribution is 6.04. The summed E-state index contributed by atoms with van der Waals surface area (Å²) >= 11 is 0. The molecule has 2 amide bonds. The third-order valence-electron chi connectivity index (χ3n) is 2.60. The number of hydrogen-bond donors (Lipinski definition) is 0. The van der Waals surface area contributed by atoms with Crippen molar-refractivity contribution in [2.24, 2.45) is 4.99 Å². The maximum absolute atomic E-state index is 12.0. The maximum Gasteiger partial charge on any atom is 0.325 e. The van der Waals surface area contributed by atoms with E-state index >= 15 is 0 Å². The topological polar surface area (TPSA) is 35.9 Å². The van der Waals surface area contributed by atoms with Crippen LogP contribution in [0.3, 0.4) is 0 Å². The normalized spacial score (nSPS) is 18.9. The van der Waals surface area contributed by atoms with Gasteiger partial charge in [-0.25, -0.2) is 4.79 Å². The van der Waals surface area contributed by atoms with Gasteiger partial charge in [0.05, 0.1) is 6.54 Å². The van der Waals surface area contributed by atoms with E-state index in [1.807, 2.05) is 9.80 Å². The van der Waals surface area contributed by atoms with E-state index < -0.39 is 0 Å². The van der Waals surface area contributed by atoms with Crippen LogP contribution in [0, 0.1) is 0 Å². The minimum Gasteiger partial charge on any atom is -0.317 e. The van der Waals surface area contributed by atoms with E-state index in [1.54, 1.807) is 0 Å². The second-order valence-corrected chi connectivity index (χ2v) is 4.15. The molecular formula is C12H23N3O. The highest BCUT2D eigenvalue weighted by atomic mass is 16.2. The standard InChI is InChI=1S/C12H23N3O/c1-4-7-13-11-10-14(8-5-2)12(16)15(11)9-6-3/h4-10H2,1-3H3/b13-11-. The van der Waals surface area contributed by atoms with Crippen LogP contribution in [0.2, 0.25) is 0 Å². The molecule has 1 aliphatic rings. The molecule has 0 unspecified atom stereocenters. The zero-order valence-electron chi connectivity index (χ0n) is 10.7. The average molecular weight is 225 g/mol. The fraction of sp³-hybridized carbons (Fsp3) is 0.833. The Morgan fingerprint density at radius 2 is 1.81 bits per heavy atom. The Balaban J connectivity index is 2.71. The highest BCUT2D eigenvalue weighted by Gasteiger charge is 2.32. The van der Waals surface area contributed by atoms with Crippen molar-refractivity contribution in [3.05, 3.63) is 0 Å². The van der Waals surface area contributed by atoms with Crippen molar-refractivity contribution in [2.45, 2.75) is 40.0 Å². The Bertz CT molecular complexity index is 263. The fourth-order valence-electron chi connectivity index (χ4n) is 1.87. The Morgan fingerprint density at radius 3 is 2.38 bits per heavy atom. The van der Waals surface area contributed by atoms with Crippen molar-refractivity contribution < 1.29 is 4.79 Å². The molecule has 16 heavy (non-hydrogen) atoms. The molecule has 1 fully saturated rings. The van der Waals surface area contributed by atoms with Gasteiger partial charge in [-0.3, -0.25) is 9.89 Å². The Hall–Kier alpha value is -1.06. The highest BCUT2D eigenvalue weighted by Crippen LogP contribution is 2.12. The van der Waals surface area contributed by atoms with Crippen molar-refractivity contribution in [3.8, 4) is 0 Å². The molecule has 0 radical (unpaired) electrons. The minimum absolute atomic E-state index is 0.138. The van der Waals surface area contributed by atoms with Crippen LogP contribution in [0.5, 0.6) is 0 Å². The summed E-state index contributed by atoms with van der Waals surface area (Å²) in [5.74, 6) is 0.960. The minimum atomic E-state index is 0.138. The van der Waals surface area contributed by atoms with Crippen molar-refractivity contribution in [2.75, 3.05) is 26.2 Å². The number of urea groups is 1. The monoisotopic (exact) mass is 225 g/mol. The number of amidine groups is 1. The van der Waals surface area contributed by atoms with Gasteiger partial charge >= 0.3 is 6.03 Å². The van der Waals surface area contributed by atoms with Crippen LogP contribution in [0.15, 0.2) is 4.99 Å². The molecule has 0 saturated carbocycles. The Kier molecular flexibility index (Phi) is 5.29. The van der Waals surface area contributed by atoms with Crippen LogP contribution in [0.1, 0.15) is 40.0 Å². The maximum atomic E-state index is 12.0. The first-order valence-corrected chi connectivity index (χ1v) is 6.34. The van der Waals surface area contributed by atoms with E-state index in [-0.39, 0.29) is 6.03 Å². The molecule has 1 aliphatic heterocycles. The van der Waals surface area contributed by atoms with Gasteiger partial charge in [-0.15, -0.1) is 0 Å². The van der Waals surface area contributed by atoms with Gasteiger partial charge in [0, 0.05) is 19.6 Å². The molecule has 0 aromatic carbocycles. The molecule has 0 spiro atoms. The van der Waals surface area contributed by atoms with Gasteiger partial charge in [-0.2, -0.15) is 0 Å². The second kappa shape index (κ2) is 6.51. The first kappa shape index (κ1) is 13.0. The summed E-state index contributed by atoms with van der Waals surface area (Å²) in [5, 5.41) is 0. The number of hydrogen-bond acceptors (Lipinski definition) is 2. The van der Waals surface area contributed by atoms with Crippen LogP contribution >= 0.6 is 0 Å². The summed E-state index contributed by atoms with van der Waals surface area (Å²) in [4.78, 5) is 20.3. The molecule has 0 bridgehead atoms. The summed E-state index contributed by atoms with van der Waals surface area (Å²) in [7, 11) is 0. The smallest absolute Gasteiger partial charge is 0.317 e. The SMILES string of the molecule is CCC/N=C1/CN(CCC)C(=O)N1CCC. The van der Waals surface area contributed by atoms with Crippen LogP contribution in [-0.2, 0) is 0 Å². The van der Waals surface area contributed by atoms with Crippen molar-refractivity contribution in [3.63, 3.8) is 0 Å². The Labute approximate surface area is 98.3 Å². The van der Waals surface area contributed by atoms with E-state index in [0.29, 0.717) is 6.54 Å². The largest absolute Gasteiger partial charge is 0.325 e. The number of rotatable bonds is 6. The van der Waals surface area contributed by atoms with Gasteiger partial charge < -0.3 is 4.90 Å². The number of carbonyl (C=O) groups is 1. The number of nitrogens with zero attached hydrogens (tertiary/aromatic N) is 3. The summed E-state index contributed by atoms with van der Waals surface area (Å²) < 4.78 is 0. The van der Waals surface area contributed by atoms with Gasteiger partial charge in [0.2, 0.25) is 0 Å². The summed E-state index contributed by atoms with van der Waals surface area (Å²) in [6.45, 7) is 9.45. The van der Waals surface area contributed by atoms with E-state index in [0.717, 1.165) is 44.7 Å². The molecule has 0 aliphatic carbocycles. The fourth-order valence-corrected chi connectivity index (χ4v) is 1.87. The van der Waals surface area contributed by atoms with E-state index in [2.05, 4.69) is 25.8 Å². The molecule has 0 atom stereocenters. The third kappa shape index (κ3) is 2.97. The van der Waals surface area contributed by atoms with Crippen LogP contribution in [0.4, 0.5) is 4.79 Å². The summed E-state index contributed by atoms with van der Waals surface area (Å²) in [6, 6.07) is 0.138. The number of aliphatic imine (C=N–C) groups is 1. The lowest BCUT2D eigenvalue weighted by Gasteiger charge is -2.16. The van der Waals surface area contributed by atoms with Crippen LogP contribution < -0.4 is 0 Å². The molecule has 1 rings (SSSR count). The Morgan fingerprint density at radius 1 is 1.12 bits per heavy atom. The van der Waals surface area contributed by atoms with Crippen LogP contribution in [0.25, 0.3) is 0 Å².